The number of phenolic OH excluding ortho intramolecular Hbond substituents is 1. The molecule has 1 N–H and O–H groups in total. The number of piperazine rings is 1. The number of hydrogen-bond donors (Lipinski definition) is 1. The fourth-order valence-electron chi connectivity index (χ4n) is 4.27. The van der Waals surface area contributed by atoms with E-state index >= 15 is 0 Å². The maximum Gasteiger partial charge on any atom is 0.142 e. The Labute approximate surface area is 173 Å². The average Bonchev–Trinajstić information content (AvgIpc) is 2.76. The lowest BCUT2D eigenvalue weighted by molar-refractivity contribution is -0.0465. The Morgan fingerprint density at radius 2 is 1.72 bits per heavy atom. The van der Waals surface area contributed by atoms with Crippen molar-refractivity contribution in [3.8, 4) is 11.5 Å². The third kappa shape index (κ3) is 5.01. The largest absolute Gasteiger partial charge is 0.508 e. The normalized spacial score (nSPS) is 21.3. The Balaban J connectivity index is 1.27. The van der Waals surface area contributed by atoms with E-state index in [4.69, 9.17) is 9.47 Å². The topological polar surface area (TPSA) is 48.4 Å². The molecule has 2 aromatic rings. The number of anilines is 1. The molecule has 2 heterocycles. The maximum absolute atomic E-state index is 10.0. The number of ether oxygens (including phenoxy) is 2. The lowest BCUT2D eigenvalue weighted by atomic mass is 10.1. The Morgan fingerprint density at radius 3 is 2.52 bits per heavy atom. The molecule has 0 bridgehead atoms. The second-order valence-electron chi connectivity index (χ2n) is 7.82. The first-order chi connectivity index (χ1) is 14.2. The smallest absolute Gasteiger partial charge is 0.142 e. The fourth-order valence-corrected chi connectivity index (χ4v) is 4.27. The van der Waals surface area contributed by atoms with E-state index in [0.717, 1.165) is 70.3 Å². The van der Waals surface area contributed by atoms with Crippen LogP contribution in [-0.4, -0.2) is 80.5 Å². The maximum atomic E-state index is 10.0. The molecule has 0 aromatic heterocycles. The highest BCUT2D eigenvalue weighted by molar-refractivity contribution is 5.58. The molecule has 1 atom stereocenters. The van der Waals surface area contributed by atoms with Crippen LogP contribution < -0.4 is 9.64 Å². The van der Waals surface area contributed by atoms with E-state index in [0.29, 0.717) is 5.75 Å². The quantitative estimate of drug-likeness (QED) is 0.808. The zero-order valence-corrected chi connectivity index (χ0v) is 17.2. The third-order valence-corrected chi connectivity index (χ3v) is 5.87. The van der Waals surface area contributed by atoms with Gasteiger partial charge in [-0.3, -0.25) is 9.80 Å². The van der Waals surface area contributed by atoms with Crippen molar-refractivity contribution in [2.24, 2.45) is 0 Å². The van der Waals surface area contributed by atoms with Gasteiger partial charge in [0.2, 0.25) is 0 Å². The van der Waals surface area contributed by atoms with Crippen LogP contribution in [0.5, 0.6) is 11.5 Å². The summed E-state index contributed by atoms with van der Waals surface area (Å²) in [5.41, 5.74) is 2.16. The highest BCUT2D eigenvalue weighted by atomic mass is 16.5. The average molecular weight is 398 g/mol. The molecule has 4 rings (SSSR count). The number of morpholine rings is 1. The zero-order chi connectivity index (χ0) is 20.1. The van der Waals surface area contributed by atoms with Crippen LogP contribution in [0.4, 0.5) is 5.69 Å². The van der Waals surface area contributed by atoms with E-state index < -0.39 is 0 Å². The van der Waals surface area contributed by atoms with Gasteiger partial charge in [-0.05, 0) is 18.2 Å². The van der Waals surface area contributed by atoms with E-state index in [-0.39, 0.29) is 6.10 Å². The van der Waals surface area contributed by atoms with Crippen molar-refractivity contribution in [2.75, 3.05) is 64.4 Å². The summed E-state index contributed by atoms with van der Waals surface area (Å²) in [5, 5.41) is 10.0. The summed E-state index contributed by atoms with van der Waals surface area (Å²) >= 11 is 0. The van der Waals surface area contributed by atoms with Crippen LogP contribution in [0.15, 0.2) is 48.5 Å². The van der Waals surface area contributed by atoms with Crippen molar-refractivity contribution in [3.63, 3.8) is 0 Å². The summed E-state index contributed by atoms with van der Waals surface area (Å²) < 4.78 is 11.6. The molecular weight excluding hydrogens is 366 g/mol. The number of nitrogens with zero attached hydrogens (tertiary/aromatic N) is 3. The van der Waals surface area contributed by atoms with E-state index in [1.54, 1.807) is 13.2 Å². The van der Waals surface area contributed by atoms with Gasteiger partial charge >= 0.3 is 0 Å². The molecule has 1 unspecified atom stereocenters. The van der Waals surface area contributed by atoms with Gasteiger partial charge in [-0.15, -0.1) is 0 Å². The number of rotatable bonds is 6. The van der Waals surface area contributed by atoms with Crippen LogP contribution in [0.3, 0.4) is 0 Å². The molecule has 0 saturated carbocycles. The molecular formula is C23H31N3O3. The molecule has 2 aliphatic rings. The number of benzene rings is 2. The molecule has 0 amide bonds. The van der Waals surface area contributed by atoms with Crippen LogP contribution in [0.1, 0.15) is 5.56 Å². The minimum absolute atomic E-state index is 0.215. The standard InChI is InChI=1S/C23H31N3O3/c1-28-23-9-5-3-7-21(23)26-12-10-24(11-13-26)17-20-18-25(14-15-29-20)16-19-6-2-4-8-22(19)27/h2-9,20,27H,10-18H2,1H3. The third-order valence-electron chi connectivity index (χ3n) is 5.87. The molecule has 2 saturated heterocycles. The lowest BCUT2D eigenvalue weighted by Gasteiger charge is -2.40. The summed E-state index contributed by atoms with van der Waals surface area (Å²) in [6, 6.07) is 15.8. The Kier molecular flexibility index (Phi) is 6.54. The monoisotopic (exact) mass is 397 g/mol. The SMILES string of the molecule is COc1ccccc1N1CCN(CC2CN(Cc3ccccc3O)CCO2)CC1. The molecule has 2 aromatic carbocycles. The van der Waals surface area contributed by atoms with Gasteiger partial charge in [0.05, 0.1) is 25.5 Å². The molecule has 2 fully saturated rings. The van der Waals surface area contributed by atoms with Crippen molar-refractivity contribution in [3.05, 3.63) is 54.1 Å². The van der Waals surface area contributed by atoms with Crippen LogP contribution in [0.25, 0.3) is 0 Å². The van der Waals surface area contributed by atoms with Crippen molar-refractivity contribution < 1.29 is 14.6 Å². The van der Waals surface area contributed by atoms with Crippen LogP contribution >= 0.6 is 0 Å². The lowest BCUT2D eigenvalue weighted by Crippen LogP contribution is -2.52. The number of methoxy groups -OCH3 is 1. The predicted molar refractivity (Wildman–Crippen MR) is 115 cm³/mol. The van der Waals surface area contributed by atoms with Gasteiger partial charge < -0.3 is 19.5 Å². The van der Waals surface area contributed by atoms with Crippen LogP contribution in [0.2, 0.25) is 0 Å². The molecule has 6 heteroatoms. The van der Waals surface area contributed by atoms with Crippen molar-refractivity contribution in [2.45, 2.75) is 12.6 Å². The highest BCUT2D eigenvalue weighted by Gasteiger charge is 2.26. The van der Waals surface area contributed by atoms with E-state index in [9.17, 15) is 5.11 Å². The number of phenols is 1. The van der Waals surface area contributed by atoms with Gasteiger partial charge in [-0.2, -0.15) is 0 Å². The first kappa shape index (κ1) is 20.0. The highest BCUT2D eigenvalue weighted by Crippen LogP contribution is 2.28. The number of hydrogen-bond acceptors (Lipinski definition) is 6. The Bertz CT molecular complexity index is 792. The van der Waals surface area contributed by atoms with E-state index in [2.05, 4.69) is 26.8 Å². The summed E-state index contributed by atoms with van der Waals surface area (Å²) in [5.74, 6) is 1.32. The Hall–Kier alpha value is -2.28. The summed E-state index contributed by atoms with van der Waals surface area (Å²) in [7, 11) is 1.73. The van der Waals surface area contributed by atoms with Gasteiger partial charge in [0.1, 0.15) is 11.5 Å². The zero-order valence-electron chi connectivity index (χ0n) is 17.2. The van der Waals surface area contributed by atoms with Crippen molar-refractivity contribution in [1.82, 2.24) is 9.80 Å². The van der Waals surface area contributed by atoms with Gasteiger partial charge in [0.15, 0.2) is 0 Å². The summed E-state index contributed by atoms with van der Waals surface area (Å²) in [6.45, 7) is 8.33. The molecule has 6 nitrogen and oxygen atoms in total. The van der Waals surface area contributed by atoms with Gasteiger partial charge in [0, 0.05) is 57.9 Å². The second-order valence-corrected chi connectivity index (χ2v) is 7.82. The number of para-hydroxylation sites is 3. The van der Waals surface area contributed by atoms with Crippen LogP contribution in [0, 0.1) is 0 Å². The molecule has 156 valence electrons. The molecule has 0 aliphatic carbocycles. The first-order valence-electron chi connectivity index (χ1n) is 10.4. The first-order valence-corrected chi connectivity index (χ1v) is 10.4. The van der Waals surface area contributed by atoms with E-state index in [1.807, 2.05) is 30.3 Å². The molecule has 2 aliphatic heterocycles. The number of aromatic hydroxyl groups is 1. The fraction of sp³-hybridized carbons (Fsp3) is 0.478. The van der Waals surface area contributed by atoms with Crippen LogP contribution in [-0.2, 0) is 11.3 Å². The molecule has 0 spiro atoms. The molecule has 0 radical (unpaired) electrons. The minimum Gasteiger partial charge on any atom is -0.508 e. The van der Waals surface area contributed by atoms with Crippen molar-refractivity contribution in [1.29, 1.82) is 0 Å². The summed E-state index contributed by atoms with van der Waals surface area (Å²) in [4.78, 5) is 7.29. The second kappa shape index (κ2) is 9.48. The summed E-state index contributed by atoms with van der Waals surface area (Å²) in [6.07, 6.45) is 0.215. The van der Waals surface area contributed by atoms with E-state index in [1.165, 1.54) is 5.69 Å². The Morgan fingerprint density at radius 1 is 0.966 bits per heavy atom. The van der Waals surface area contributed by atoms with Crippen molar-refractivity contribution >= 4 is 5.69 Å². The van der Waals surface area contributed by atoms with Gasteiger partial charge in [-0.1, -0.05) is 30.3 Å². The predicted octanol–water partition coefficient (Wildman–Crippen LogP) is 2.42. The minimum atomic E-state index is 0.215. The molecule has 29 heavy (non-hydrogen) atoms. The van der Waals surface area contributed by atoms with Gasteiger partial charge in [-0.25, -0.2) is 0 Å². The van der Waals surface area contributed by atoms with Gasteiger partial charge in [0.25, 0.3) is 0 Å².